The maximum Gasteiger partial charge on any atom is 0.128 e. The topological polar surface area (TPSA) is 9.23 Å². The number of allylic oxidation sites excluding steroid dienone is 1. The fourth-order valence-electron chi connectivity index (χ4n) is 3.17. The van der Waals surface area contributed by atoms with Crippen LogP contribution in [0.3, 0.4) is 0 Å². The predicted octanol–water partition coefficient (Wildman–Crippen LogP) is 4.49. The highest BCUT2D eigenvalue weighted by Gasteiger charge is 2.35. The minimum Gasteiger partial charge on any atom is -0.483 e. The molecule has 1 heterocycles. The first-order chi connectivity index (χ1) is 8.08. The van der Waals surface area contributed by atoms with Gasteiger partial charge in [-0.25, -0.2) is 0 Å². The van der Waals surface area contributed by atoms with Crippen LogP contribution in [0.4, 0.5) is 0 Å². The Labute approximate surface area is 103 Å². The molecular formula is C16H20O. The van der Waals surface area contributed by atoms with Crippen molar-refractivity contribution in [1.82, 2.24) is 0 Å². The number of hydrogen-bond acceptors (Lipinski definition) is 1. The highest BCUT2D eigenvalue weighted by molar-refractivity contribution is 5.77. The molecule has 0 bridgehead atoms. The fourth-order valence-corrected chi connectivity index (χ4v) is 3.17. The van der Waals surface area contributed by atoms with Crippen molar-refractivity contribution in [3.05, 3.63) is 34.9 Å². The van der Waals surface area contributed by atoms with Crippen LogP contribution < -0.4 is 4.74 Å². The van der Waals surface area contributed by atoms with Crippen molar-refractivity contribution in [3.8, 4) is 5.75 Å². The lowest BCUT2D eigenvalue weighted by Crippen LogP contribution is -2.35. The molecule has 0 radical (unpaired) electrons. The average molecular weight is 228 g/mol. The summed E-state index contributed by atoms with van der Waals surface area (Å²) in [5.41, 5.74) is 5.59. The van der Waals surface area contributed by atoms with Crippen LogP contribution in [0.1, 0.15) is 50.7 Å². The third-order valence-electron chi connectivity index (χ3n) is 4.02. The van der Waals surface area contributed by atoms with Crippen LogP contribution in [0, 0.1) is 6.92 Å². The van der Waals surface area contributed by atoms with E-state index in [2.05, 4.69) is 39.0 Å². The highest BCUT2D eigenvalue weighted by Crippen LogP contribution is 2.47. The lowest BCUT2D eigenvalue weighted by Gasteiger charge is -2.39. The number of benzene rings is 1. The normalized spacial score (nSPS) is 21.6. The molecule has 0 N–H and O–H groups in total. The van der Waals surface area contributed by atoms with Crippen LogP contribution in [0.2, 0.25) is 0 Å². The van der Waals surface area contributed by atoms with Gasteiger partial charge in [0.25, 0.3) is 0 Å². The molecule has 3 rings (SSSR count). The molecule has 0 saturated heterocycles. The Morgan fingerprint density at radius 3 is 2.71 bits per heavy atom. The number of aryl methyl sites for hydroxylation is 1. The molecule has 1 nitrogen and oxygen atoms in total. The molecular weight excluding hydrogens is 208 g/mol. The second-order valence-corrected chi connectivity index (χ2v) is 5.78. The van der Waals surface area contributed by atoms with Gasteiger partial charge in [-0.1, -0.05) is 12.1 Å². The van der Waals surface area contributed by atoms with Crippen molar-refractivity contribution in [2.75, 3.05) is 0 Å². The molecule has 1 heteroatoms. The molecule has 1 aliphatic heterocycles. The smallest absolute Gasteiger partial charge is 0.128 e. The molecule has 0 aromatic heterocycles. The summed E-state index contributed by atoms with van der Waals surface area (Å²) in [7, 11) is 0. The summed E-state index contributed by atoms with van der Waals surface area (Å²) in [6.45, 7) is 6.54. The van der Waals surface area contributed by atoms with Gasteiger partial charge in [0.2, 0.25) is 0 Å². The Kier molecular flexibility index (Phi) is 2.32. The molecule has 90 valence electrons. The molecule has 1 aromatic carbocycles. The number of rotatable bonds is 0. The van der Waals surface area contributed by atoms with Gasteiger partial charge in [0.15, 0.2) is 0 Å². The van der Waals surface area contributed by atoms with Gasteiger partial charge in [0.05, 0.1) is 0 Å². The molecule has 0 fully saturated rings. The molecule has 1 aliphatic carbocycles. The Morgan fingerprint density at radius 2 is 1.88 bits per heavy atom. The van der Waals surface area contributed by atoms with E-state index in [0.717, 1.165) is 5.75 Å². The summed E-state index contributed by atoms with van der Waals surface area (Å²) in [6.07, 6.45) is 5.06. The minimum atomic E-state index is -0.115. The summed E-state index contributed by atoms with van der Waals surface area (Å²) >= 11 is 0. The molecule has 0 saturated carbocycles. The summed E-state index contributed by atoms with van der Waals surface area (Å²) in [6, 6.07) is 6.61. The van der Waals surface area contributed by atoms with E-state index in [9.17, 15) is 0 Å². The van der Waals surface area contributed by atoms with E-state index >= 15 is 0 Å². The van der Waals surface area contributed by atoms with Gasteiger partial charge in [0, 0.05) is 5.56 Å². The van der Waals surface area contributed by atoms with E-state index in [-0.39, 0.29) is 5.60 Å². The van der Waals surface area contributed by atoms with Crippen molar-refractivity contribution < 1.29 is 4.74 Å². The van der Waals surface area contributed by atoms with Gasteiger partial charge in [-0.15, -0.1) is 0 Å². The Hall–Kier alpha value is -1.24. The van der Waals surface area contributed by atoms with Gasteiger partial charge in [-0.2, -0.15) is 0 Å². The fraction of sp³-hybridized carbons (Fsp3) is 0.500. The predicted molar refractivity (Wildman–Crippen MR) is 71.3 cm³/mol. The molecule has 1 aromatic rings. The summed E-state index contributed by atoms with van der Waals surface area (Å²) in [4.78, 5) is 0. The zero-order chi connectivity index (χ0) is 12.0. The van der Waals surface area contributed by atoms with Gasteiger partial charge < -0.3 is 4.74 Å². The lowest BCUT2D eigenvalue weighted by atomic mass is 9.78. The van der Waals surface area contributed by atoms with Gasteiger partial charge >= 0.3 is 0 Å². The zero-order valence-corrected chi connectivity index (χ0v) is 11.0. The lowest BCUT2D eigenvalue weighted by molar-refractivity contribution is 0.137. The maximum absolute atomic E-state index is 6.21. The van der Waals surface area contributed by atoms with E-state index < -0.39 is 0 Å². The van der Waals surface area contributed by atoms with Crippen LogP contribution in [-0.2, 0) is 0 Å². The molecule has 0 amide bonds. The van der Waals surface area contributed by atoms with Crippen LogP contribution in [0.15, 0.2) is 23.8 Å². The Balaban J connectivity index is 2.20. The first kappa shape index (κ1) is 10.9. The third kappa shape index (κ3) is 1.69. The Bertz CT molecular complexity index is 494. The first-order valence-electron chi connectivity index (χ1n) is 6.60. The standard InChI is InChI=1S/C16H20O/c1-11-8-9-13-12-6-4-5-7-14(12)16(2,3)17-15(13)10-11/h8-10H,4-7H2,1-3H3. The van der Waals surface area contributed by atoms with Crippen LogP contribution in [0.5, 0.6) is 5.75 Å². The van der Waals surface area contributed by atoms with Gasteiger partial charge in [0.1, 0.15) is 11.4 Å². The summed E-state index contributed by atoms with van der Waals surface area (Å²) in [5, 5.41) is 0. The van der Waals surface area contributed by atoms with Crippen molar-refractivity contribution in [3.63, 3.8) is 0 Å². The quantitative estimate of drug-likeness (QED) is 0.635. The van der Waals surface area contributed by atoms with Crippen molar-refractivity contribution in [2.45, 2.75) is 52.1 Å². The van der Waals surface area contributed by atoms with Crippen molar-refractivity contribution in [1.29, 1.82) is 0 Å². The summed E-state index contributed by atoms with van der Waals surface area (Å²) < 4.78 is 6.21. The zero-order valence-electron chi connectivity index (χ0n) is 11.0. The maximum atomic E-state index is 6.21. The van der Waals surface area contributed by atoms with E-state index in [0.29, 0.717) is 0 Å². The number of fused-ring (bicyclic) bond motifs is 2. The average Bonchev–Trinajstić information content (AvgIpc) is 2.28. The van der Waals surface area contributed by atoms with Gasteiger partial charge in [-0.3, -0.25) is 0 Å². The second kappa shape index (κ2) is 3.63. The molecule has 2 aliphatic rings. The Morgan fingerprint density at radius 1 is 1.12 bits per heavy atom. The van der Waals surface area contributed by atoms with E-state index in [4.69, 9.17) is 4.74 Å². The first-order valence-corrected chi connectivity index (χ1v) is 6.60. The second-order valence-electron chi connectivity index (χ2n) is 5.78. The SMILES string of the molecule is Cc1ccc2c(c1)OC(C)(C)C1=C2CCCC1. The van der Waals surface area contributed by atoms with Gasteiger partial charge in [-0.05, 0) is 69.2 Å². The molecule has 0 spiro atoms. The highest BCUT2D eigenvalue weighted by atomic mass is 16.5. The minimum absolute atomic E-state index is 0.115. The molecule has 0 unspecified atom stereocenters. The van der Waals surface area contributed by atoms with E-state index in [1.54, 1.807) is 5.57 Å². The van der Waals surface area contributed by atoms with Crippen LogP contribution >= 0.6 is 0 Å². The molecule has 0 atom stereocenters. The van der Waals surface area contributed by atoms with Crippen LogP contribution in [-0.4, -0.2) is 5.60 Å². The monoisotopic (exact) mass is 228 g/mol. The van der Waals surface area contributed by atoms with Crippen molar-refractivity contribution in [2.24, 2.45) is 0 Å². The van der Waals surface area contributed by atoms with E-state index in [1.165, 1.54) is 42.4 Å². The third-order valence-corrected chi connectivity index (χ3v) is 4.02. The van der Waals surface area contributed by atoms with Crippen molar-refractivity contribution >= 4 is 5.57 Å². The van der Waals surface area contributed by atoms with Crippen LogP contribution in [0.25, 0.3) is 5.57 Å². The number of ether oxygens (including phenoxy) is 1. The van der Waals surface area contributed by atoms with E-state index in [1.807, 2.05) is 0 Å². The number of hydrogen-bond donors (Lipinski definition) is 0. The molecule has 17 heavy (non-hydrogen) atoms. The summed E-state index contributed by atoms with van der Waals surface area (Å²) in [5.74, 6) is 1.08. The largest absolute Gasteiger partial charge is 0.483 e.